The van der Waals surface area contributed by atoms with Crippen molar-refractivity contribution in [3.8, 4) is 0 Å². The van der Waals surface area contributed by atoms with Crippen molar-refractivity contribution in [3.05, 3.63) is 52.6 Å². The zero-order valence-electron chi connectivity index (χ0n) is 12.7. The number of Topliss-reactive ketones (excluding diaryl/α,β-unsaturated/α-hetero) is 1. The Balaban J connectivity index is 2.18. The molecule has 5 heteroatoms. The standard InChI is InChI=1S/C17H18N2O3/c1-10-14(17(21)22-2)15(11-5-4-8-18-9-11)16-12(19-10)6-3-7-13(16)20/h4-5,8-9,15,19H,3,6-7H2,1-2H3. The summed E-state index contributed by atoms with van der Waals surface area (Å²) in [5.41, 5.74) is 3.69. The van der Waals surface area contributed by atoms with Crippen LogP contribution in [0.5, 0.6) is 0 Å². The summed E-state index contributed by atoms with van der Waals surface area (Å²) in [6.45, 7) is 1.85. The van der Waals surface area contributed by atoms with Crippen LogP contribution in [-0.2, 0) is 14.3 Å². The van der Waals surface area contributed by atoms with Crippen molar-refractivity contribution in [2.24, 2.45) is 0 Å². The average molecular weight is 298 g/mol. The highest BCUT2D eigenvalue weighted by molar-refractivity contribution is 6.03. The van der Waals surface area contributed by atoms with E-state index in [0.29, 0.717) is 17.6 Å². The first-order valence-electron chi connectivity index (χ1n) is 7.35. The van der Waals surface area contributed by atoms with Gasteiger partial charge < -0.3 is 10.1 Å². The number of esters is 1. The summed E-state index contributed by atoms with van der Waals surface area (Å²) < 4.78 is 4.94. The Morgan fingerprint density at radius 1 is 1.41 bits per heavy atom. The molecule has 1 aromatic heterocycles. The van der Waals surface area contributed by atoms with Gasteiger partial charge in [-0.2, -0.15) is 0 Å². The van der Waals surface area contributed by atoms with Gasteiger partial charge in [0.1, 0.15) is 0 Å². The van der Waals surface area contributed by atoms with Gasteiger partial charge in [-0.05, 0) is 31.4 Å². The van der Waals surface area contributed by atoms with E-state index in [0.717, 1.165) is 29.8 Å². The average Bonchev–Trinajstić information content (AvgIpc) is 2.54. The Labute approximate surface area is 129 Å². The molecule has 0 saturated heterocycles. The Kier molecular flexibility index (Phi) is 3.79. The summed E-state index contributed by atoms with van der Waals surface area (Å²) in [5.74, 6) is -0.717. The molecule has 2 aliphatic rings. The number of ketones is 1. The van der Waals surface area contributed by atoms with Crippen molar-refractivity contribution >= 4 is 11.8 Å². The van der Waals surface area contributed by atoms with Crippen LogP contribution in [0.4, 0.5) is 0 Å². The summed E-state index contributed by atoms with van der Waals surface area (Å²) in [7, 11) is 1.36. The fourth-order valence-electron chi connectivity index (χ4n) is 3.24. The monoisotopic (exact) mass is 298 g/mol. The molecule has 1 aliphatic carbocycles. The van der Waals surface area contributed by atoms with Crippen LogP contribution in [0.1, 0.15) is 37.7 Å². The van der Waals surface area contributed by atoms with Gasteiger partial charge in [0.2, 0.25) is 0 Å². The second-order valence-corrected chi connectivity index (χ2v) is 5.54. The minimum atomic E-state index is -0.413. The quantitative estimate of drug-likeness (QED) is 0.848. The van der Waals surface area contributed by atoms with E-state index in [1.165, 1.54) is 7.11 Å². The number of aromatic nitrogens is 1. The lowest BCUT2D eigenvalue weighted by molar-refractivity contribution is -0.136. The molecular formula is C17H18N2O3. The highest BCUT2D eigenvalue weighted by Crippen LogP contribution is 2.42. The van der Waals surface area contributed by atoms with Gasteiger partial charge >= 0.3 is 5.97 Å². The van der Waals surface area contributed by atoms with Crippen LogP contribution in [0.3, 0.4) is 0 Å². The second kappa shape index (κ2) is 5.75. The number of ether oxygens (including phenoxy) is 1. The van der Waals surface area contributed by atoms with Gasteiger partial charge in [-0.1, -0.05) is 6.07 Å². The Morgan fingerprint density at radius 2 is 2.23 bits per heavy atom. The van der Waals surface area contributed by atoms with Gasteiger partial charge in [0, 0.05) is 41.7 Å². The predicted octanol–water partition coefficient (Wildman–Crippen LogP) is 2.22. The molecule has 0 amide bonds. The van der Waals surface area contributed by atoms with Gasteiger partial charge in [0.05, 0.1) is 12.7 Å². The van der Waals surface area contributed by atoms with Gasteiger partial charge in [-0.3, -0.25) is 9.78 Å². The molecule has 1 unspecified atom stereocenters. The summed E-state index contributed by atoms with van der Waals surface area (Å²) in [6, 6.07) is 3.71. The maximum absolute atomic E-state index is 12.5. The van der Waals surface area contributed by atoms with Crippen LogP contribution in [0.25, 0.3) is 0 Å². The number of dihydropyridines is 1. The molecule has 0 radical (unpaired) electrons. The molecule has 114 valence electrons. The number of carbonyl (C=O) groups excluding carboxylic acids is 2. The van der Waals surface area contributed by atoms with Gasteiger partial charge in [0.25, 0.3) is 0 Å². The highest BCUT2D eigenvalue weighted by Gasteiger charge is 2.38. The largest absolute Gasteiger partial charge is 0.466 e. The summed E-state index contributed by atoms with van der Waals surface area (Å²) in [5, 5.41) is 3.23. The fourth-order valence-corrected chi connectivity index (χ4v) is 3.24. The minimum Gasteiger partial charge on any atom is -0.466 e. The maximum atomic E-state index is 12.5. The fraction of sp³-hybridized carbons (Fsp3) is 0.353. The molecule has 5 nitrogen and oxygen atoms in total. The zero-order chi connectivity index (χ0) is 15.7. The van der Waals surface area contributed by atoms with Crippen molar-refractivity contribution in [2.75, 3.05) is 7.11 Å². The molecule has 0 spiro atoms. The lowest BCUT2D eigenvalue weighted by atomic mass is 9.75. The van der Waals surface area contributed by atoms with Gasteiger partial charge in [-0.15, -0.1) is 0 Å². The maximum Gasteiger partial charge on any atom is 0.336 e. The van der Waals surface area contributed by atoms with E-state index in [2.05, 4.69) is 10.3 Å². The first kappa shape index (κ1) is 14.5. The van der Waals surface area contributed by atoms with Crippen LogP contribution in [-0.4, -0.2) is 23.8 Å². The van der Waals surface area contributed by atoms with Crippen LogP contribution < -0.4 is 5.32 Å². The van der Waals surface area contributed by atoms with Crippen molar-refractivity contribution in [1.82, 2.24) is 10.3 Å². The number of carbonyl (C=O) groups is 2. The van der Waals surface area contributed by atoms with E-state index in [9.17, 15) is 9.59 Å². The Bertz CT molecular complexity index is 689. The Morgan fingerprint density at radius 3 is 2.91 bits per heavy atom. The summed E-state index contributed by atoms with van der Waals surface area (Å²) in [6.07, 6.45) is 5.56. The normalized spacial score (nSPS) is 21.4. The SMILES string of the molecule is COC(=O)C1=C(C)NC2=C(C(=O)CCC2)C1c1cccnc1. The van der Waals surface area contributed by atoms with Crippen molar-refractivity contribution in [1.29, 1.82) is 0 Å². The molecule has 0 fully saturated rings. The second-order valence-electron chi connectivity index (χ2n) is 5.54. The number of methoxy groups -OCH3 is 1. The lowest BCUT2D eigenvalue weighted by Gasteiger charge is -2.33. The van der Waals surface area contributed by atoms with E-state index in [1.54, 1.807) is 12.4 Å². The van der Waals surface area contributed by atoms with E-state index >= 15 is 0 Å². The molecule has 0 saturated carbocycles. The summed E-state index contributed by atoms with van der Waals surface area (Å²) in [4.78, 5) is 28.9. The predicted molar refractivity (Wildman–Crippen MR) is 80.7 cm³/mol. The minimum absolute atomic E-state index is 0.0940. The molecule has 2 heterocycles. The number of nitrogens with one attached hydrogen (secondary N) is 1. The van der Waals surface area contributed by atoms with Crippen molar-refractivity contribution in [2.45, 2.75) is 32.1 Å². The van der Waals surface area contributed by atoms with Crippen molar-refractivity contribution < 1.29 is 14.3 Å². The third-order valence-electron chi connectivity index (χ3n) is 4.20. The number of nitrogens with zero attached hydrogens (tertiary/aromatic N) is 1. The first-order valence-corrected chi connectivity index (χ1v) is 7.35. The smallest absolute Gasteiger partial charge is 0.336 e. The van der Waals surface area contributed by atoms with Crippen molar-refractivity contribution in [3.63, 3.8) is 0 Å². The van der Waals surface area contributed by atoms with Gasteiger partial charge in [-0.25, -0.2) is 4.79 Å². The third kappa shape index (κ3) is 2.32. The molecule has 1 N–H and O–H groups in total. The molecule has 3 rings (SSSR count). The number of allylic oxidation sites excluding steroid dienone is 3. The van der Waals surface area contributed by atoms with Gasteiger partial charge in [0.15, 0.2) is 5.78 Å². The topological polar surface area (TPSA) is 68.3 Å². The number of rotatable bonds is 2. The highest BCUT2D eigenvalue weighted by atomic mass is 16.5. The third-order valence-corrected chi connectivity index (χ3v) is 4.20. The zero-order valence-corrected chi connectivity index (χ0v) is 12.7. The molecule has 1 aromatic rings. The molecule has 0 bridgehead atoms. The molecule has 0 aromatic carbocycles. The lowest BCUT2D eigenvalue weighted by Crippen LogP contribution is -2.34. The van der Waals surface area contributed by atoms with E-state index < -0.39 is 11.9 Å². The van der Waals surface area contributed by atoms with E-state index in [-0.39, 0.29) is 5.78 Å². The van der Waals surface area contributed by atoms with Crippen LogP contribution in [0.2, 0.25) is 0 Å². The summed E-state index contributed by atoms with van der Waals surface area (Å²) >= 11 is 0. The number of hydrogen-bond acceptors (Lipinski definition) is 5. The van der Waals surface area contributed by atoms with Crippen LogP contribution in [0, 0.1) is 0 Å². The molecule has 1 atom stereocenters. The molecule has 1 aliphatic heterocycles. The molecular weight excluding hydrogens is 280 g/mol. The van der Waals surface area contributed by atoms with E-state index in [1.807, 2.05) is 19.1 Å². The van der Waals surface area contributed by atoms with E-state index in [4.69, 9.17) is 4.74 Å². The number of hydrogen-bond donors (Lipinski definition) is 1. The Hall–Kier alpha value is -2.43. The first-order chi connectivity index (χ1) is 10.6. The number of pyridine rings is 1. The molecule has 22 heavy (non-hydrogen) atoms. The van der Waals surface area contributed by atoms with Crippen LogP contribution >= 0.6 is 0 Å². The van der Waals surface area contributed by atoms with Crippen LogP contribution in [0.15, 0.2) is 47.1 Å².